The number of esters is 1. The zero-order valence-corrected chi connectivity index (χ0v) is 17.0. The van der Waals surface area contributed by atoms with Crippen LogP contribution in [-0.4, -0.2) is 34.5 Å². The number of ether oxygens (including phenoxy) is 1. The Hall–Kier alpha value is -3.74. The largest absolute Gasteiger partial charge is 0.427 e. The van der Waals surface area contributed by atoms with Gasteiger partial charge >= 0.3 is 5.97 Å². The van der Waals surface area contributed by atoms with Gasteiger partial charge in [-0.25, -0.2) is 4.90 Å². The molecule has 0 saturated carbocycles. The van der Waals surface area contributed by atoms with Crippen molar-refractivity contribution in [3.05, 3.63) is 65.9 Å². The van der Waals surface area contributed by atoms with E-state index in [1.165, 1.54) is 18.7 Å². The molecule has 156 valence electrons. The molecule has 0 aliphatic carbocycles. The molecule has 7 nitrogen and oxygen atoms in total. The second-order valence-corrected chi connectivity index (χ2v) is 8.04. The maximum atomic E-state index is 13.6. The van der Waals surface area contributed by atoms with Crippen molar-refractivity contribution < 1.29 is 23.9 Å². The van der Waals surface area contributed by atoms with Crippen molar-refractivity contribution in [2.24, 2.45) is 11.8 Å². The van der Waals surface area contributed by atoms with Crippen molar-refractivity contribution in [2.45, 2.75) is 25.9 Å². The summed E-state index contributed by atoms with van der Waals surface area (Å²) in [5, 5.41) is 0. The van der Waals surface area contributed by atoms with Crippen molar-refractivity contribution in [1.82, 2.24) is 4.90 Å². The quantitative estimate of drug-likeness (QED) is 0.435. The number of carbonyl (C=O) groups excluding carboxylic acids is 4. The Bertz CT molecular complexity index is 1150. The highest BCUT2D eigenvalue weighted by molar-refractivity contribution is 6.24. The minimum Gasteiger partial charge on any atom is -0.427 e. The molecule has 0 bridgehead atoms. The van der Waals surface area contributed by atoms with Gasteiger partial charge in [0.15, 0.2) is 5.78 Å². The van der Waals surface area contributed by atoms with E-state index in [2.05, 4.69) is 0 Å². The van der Waals surface area contributed by atoms with Crippen LogP contribution >= 0.6 is 0 Å². The predicted octanol–water partition coefficient (Wildman–Crippen LogP) is 2.72. The lowest BCUT2D eigenvalue weighted by molar-refractivity contribution is -0.132. The summed E-state index contributed by atoms with van der Waals surface area (Å²) in [6, 6.07) is 12.9. The van der Waals surface area contributed by atoms with Gasteiger partial charge in [0.2, 0.25) is 11.8 Å². The van der Waals surface area contributed by atoms with E-state index in [1.54, 1.807) is 24.3 Å². The summed E-state index contributed by atoms with van der Waals surface area (Å²) < 4.78 is 5.03. The molecule has 7 heteroatoms. The van der Waals surface area contributed by atoms with Gasteiger partial charge < -0.3 is 9.64 Å². The Morgan fingerprint density at radius 2 is 1.58 bits per heavy atom. The van der Waals surface area contributed by atoms with Crippen LogP contribution in [0.2, 0.25) is 0 Å². The van der Waals surface area contributed by atoms with Gasteiger partial charge in [0.1, 0.15) is 5.75 Å². The highest BCUT2D eigenvalue weighted by atomic mass is 16.5. The molecular formula is C24H20N2O5. The summed E-state index contributed by atoms with van der Waals surface area (Å²) in [5.41, 5.74) is 2.32. The summed E-state index contributed by atoms with van der Waals surface area (Å²) in [7, 11) is 0. The first-order chi connectivity index (χ1) is 14.9. The van der Waals surface area contributed by atoms with Gasteiger partial charge in [-0.3, -0.25) is 19.2 Å². The molecule has 2 amide bonds. The standard InChI is InChI=1S/C24H20N2O5/c1-13(27)21-19-20(22-18-6-4-3-5-15(18)11-12-25(21)22)24(30)26(23(19)29)16-7-9-17(10-8-16)31-14(2)28/h3-12,19-22H,1-2H3/t19-,20+,21+,22-/m1/s1. The number of anilines is 1. The summed E-state index contributed by atoms with van der Waals surface area (Å²) in [5.74, 6) is -2.37. The molecule has 3 aliphatic heterocycles. The van der Waals surface area contributed by atoms with Crippen LogP contribution in [0, 0.1) is 11.8 Å². The highest BCUT2D eigenvalue weighted by Gasteiger charge is 2.63. The second-order valence-electron chi connectivity index (χ2n) is 8.04. The van der Waals surface area contributed by atoms with Crippen LogP contribution in [0.25, 0.3) is 6.08 Å². The number of carbonyl (C=O) groups is 4. The van der Waals surface area contributed by atoms with Gasteiger partial charge in [-0.2, -0.15) is 0 Å². The zero-order valence-electron chi connectivity index (χ0n) is 17.0. The predicted molar refractivity (Wildman–Crippen MR) is 112 cm³/mol. The molecule has 4 atom stereocenters. The molecule has 0 unspecified atom stereocenters. The first-order valence-corrected chi connectivity index (χ1v) is 10.1. The van der Waals surface area contributed by atoms with Crippen LogP contribution in [0.1, 0.15) is 31.0 Å². The van der Waals surface area contributed by atoms with Crippen LogP contribution in [-0.2, 0) is 19.2 Å². The van der Waals surface area contributed by atoms with Gasteiger partial charge in [-0.05, 0) is 48.4 Å². The van der Waals surface area contributed by atoms with Crippen molar-refractivity contribution in [3.8, 4) is 5.75 Å². The molecule has 5 rings (SSSR count). The van der Waals surface area contributed by atoms with Crippen molar-refractivity contribution >= 4 is 35.3 Å². The smallest absolute Gasteiger partial charge is 0.308 e. The van der Waals surface area contributed by atoms with E-state index >= 15 is 0 Å². The molecule has 2 fully saturated rings. The number of hydrogen-bond acceptors (Lipinski definition) is 6. The fourth-order valence-electron chi connectivity index (χ4n) is 5.11. The molecule has 2 saturated heterocycles. The molecule has 3 heterocycles. The summed E-state index contributed by atoms with van der Waals surface area (Å²) in [6.45, 7) is 2.76. The highest BCUT2D eigenvalue weighted by Crippen LogP contribution is 2.53. The van der Waals surface area contributed by atoms with Gasteiger partial charge in [0.05, 0.1) is 29.6 Å². The average molecular weight is 416 g/mol. The van der Waals surface area contributed by atoms with Crippen molar-refractivity contribution in [2.75, 3.05) is 4.90 Å². The number of fused-ring (bicyclic) bond motifs is 5. The van der Waals surface area contributed by atoms with E-state index in [-0.39, 0.29) is 23.6 Å². The zero-order chi connectivity index (χ0) is 21.9. The van der Waals surface area contributed by atoms with E-state index in [0.29, 0.717) is 11.4 Å². The fourth-order valence-corrected chi connectivity index (χ4v) is 5.11. The lowest BCUT2D eigenvalue weighted by Crippen LogP contribution is -2.43. The average Bonchev–Trinajstić information content (AvgIpc) is 3.21. The lowest BCUT2D eigenvalue weighted by atomic mass is 9.84. The van der Waals surface area contributed by atoms with Crippen molar-refractivity contribution in [1.29, 1.82) is 0 Å². The van der Waals surface area contributed by atoms with Crippen LogP contribution in [0.15, 0.2) is 54.7 Å². The third kappa shape index (κ3) is 2.80. The number of hydrogen-bond donors (Lipinski definition) is 0. The Morgan fingerprint density at radius 3 is 2.26 bits per heavy atom. The van der Waals surface area contributed by atoms with E-state index in [1.807, 2.05) is 41.4 Å². The molecule has 2 aromatic rings. The van der Waals surface area contributed by atoms with E-state index in [9.17, 15) is 19.2 Å². The molecule has 0 radical (unpaired) electrons. The molecule has 2 aromatic carbocycles. The number of ketones is 1. The normalized spacial score (nSPS) is 25.9. The van der Waals surface area contributed by atoms with Gasteiger partial charge in [0, 0.05) is 13.1 Å². The number of nitrogens with zero attached hydrogens (tertiary/aromatic N) is 2. The van der Waals surface area contributed by atoms with Crippen LogP contribution < -0.4 is 9.64 Å². The maximum absolute atomic E-state index is 13.6. The Kier molecular flexibility index (Phi) is 4.28. The third-order valence-corrected chi connectivity index (χ3v) is 6.23. The minimum atomic E-state index is -0.751. The van der Waals surface area contributed by atoms with Gasteiger partial charge in [-0.15, -0.1) is 0 Å². The summed E-state index contributed by atoms with van der Waals surface area (Å²) in [4.78, 5) is 53.8. The van der Waals surface area contributed by atoms with Crippen LogP contribution in [0.4, 0.5) is 5.69 Å². The number of rotatable bonds is 3. The van der Waals surface area contributed by atoms with Gasteiger partial charge in [0.25, 0.3) is 0 Å². The second kappa shape index (κ2) is 6.91. The first-order valence-electron chi connectivity index (χ1n) is 10.1. The number of imide groups is 1. The summed E-state index contributed by atoms with van der Waals surface area (Å²) in [6.07, 6.45) is 3.75. The molecule has 3 aliphatic rings. The molecule has 0 aromatic heterocycles. The number of Topliss-reactive ketones (excluding diaryl/α,β-unsaturated/α-hetero) is 1. The van der Waals surface area contributed by atoms with Gasteiger partial charge in [-0.1, -0.05) is 24.3 Å². The minimum absolute atomic E-state index is 0.144. The molecule has 0 spiro atoms. The fraction of sp³-hybridized carbons (Fsp3) is 0.250. The SMILES string of the molecule is CC(=O)Oc1ccc(N2C(=O)[C@@H]3[C@H](C2=O)[C@H]2c4ccccc4C=CN2[C@H]3C(C)=O)cc1. The van der Waals surface area contributed by atoms with E-state index < -0.39 is 23.8 Å². The Labute approximate surface area is 178 Å². The van der Waals surface area contributed by atoms with E-state index in [4.69, 9.17) is 4.74 Å². The van der Waals surface area contributed by atoms with Crippen LogP contribution in [0.5, 0.6) is 5.75 Å². The van der Waals surface area contributed by atoms with E-state index in [0.717, 1.165) is 11.1 Å². The monoisotopic (exact) mass is 416 g/mol. The molecule has 31 heavy (non-hydrogen) atoms. The number of amides is 2. The number of benzene rings is 2. The van der Waals surface area contributed by atoms with Crippen LogP contribution in [0.3, 0.4) is 0 Å². The lowest BCUT2D eigenvalue weighted by Gasteiger charge is -2.34. The topological polar surface area (TPSA) is 84.0 Å². The maximum Gasteiger partial charge on any atom is 0.308 e. The van der Waals surface area contributed by atoms with Crippen molar-refractivity contribution in [3.63, 3.8) is 0 Å². The third-order valence-electron chi connectivity index (χ3n) is 6.23. The molecular weight excluding hydrogens is 396 g/mol. The molecule has 0 N–H and O–H groups in total. The first kappa shape index (κ1) is 19.2. The summed E-state index contributed by atoms with van der Waals surface area (Å²) >= 11 is 0. The Balaban J connectivity index is 1.56. The Morgan fingerprint density at radius 1 is 0.903 bits per heavy atom.